The van der Waals surface area contributed by atoms with Crippen molar-refractivity contribution in [3.63, 3.8) is 0 Å². The molecule has 0 aliphatic heterocycles. The lowest BCUT2D eigenvalue weighted by molar-refractivity contribution is 0.0618. The molecule has 1 heterocycles. The van der Waals surface area contributed by atoms with Gasteiger partial charge in [-0.2, -0.15) is 0 Å². The number of imidazole rings is 1. The highest BCUT2D eigenvalue weighted by molar-refractivity contribution is 5.59. The third kappa shape index (κ3) is 6.13. The van der Waals surface area contributed by atoms with Gasteiger partial charge >= 0.3 is 0 Å². The Labute approximate surface area is 170 Å². The highest BCUT2D eigenvalue weighted by atomic mass is 16.5. The monoisotopic (exact) mass is 399 g/mol. The van der Waals surface area contributed by atoms with Crippen molar-refractivity contribution in [1.29, 1.82) is 0 Å². The minimum absolute atomic E-state index is 0.0509. The van der Waals surface area contributed by atoms with Gasteiger partial charge in [0, 0.05) is 0 Å². The standard InChI is InChI=1S/C20H23N3O4.C2H6/c21-20(11-24,12-25)9-19(26)15-3-7-17(8-4-15)27-16-5-1-14(2-6-16)18-10-22-13-23-18;1-2/h1-8,10,13,19,24-26H,9,11-12,21H2,(H,22,23);1-2H3. The number of hydrogen-bond donors (Lipinski definition) is 5. The van der Waals surface area contributed by atoms with Gasteiger partial charge in [0.1, 0.15) is 11.5 Å². The maximum absolute atomic E-state index is 10.3. The van der Waals surface area contributed by atoms with E-state index in [-0.39, 0.29) is 6.42 Å². The minimum Gasteiger partial charge on any atom is -0.457 e. The second-order valence-corrected chi connectivity index (χ2v) is 6.56. The molecule has 29 heavy (non-hydrogen) atoms. The van der Waals surface area contributed by atoms with Crippen molar-refractivity contribution in [2.45, 2.75) is 31.9 Å². The molecule has 0 bridgehead atoms. The van der Waals surface area contributed by atoms with Crippen LogP contribution in [-0.2, 0) is 0 Å². The number of nitrogens with one attached hydrogen (secondary N) is 1. The van der Waals surface area contributed by atoms with Crippen LogP contribution in [0.25, 0.3) is 11.3 Å². The van der Waals surface area contributed by atoms with E-state index >= 15 is 0 Å². The van der Waals surface area contributed by atoms with E-state index in [0.717, 1.165) is 11.3 Å². The summed E-state index contributed by atoms with van der Waals surface area (Å²) in [7, 11) is 0. The Balaban J connectivity index is 0.00000145. The van der Waals surface area contributed by atoms with Crippen molar-refractivity contribution in [3.05, 3.63) is 66.6 Å². The summed E-state index contributed by atoms with van der Waals surface area (Å²) in [5, 5.41) is 28.8. The largest absolute Gasteiger partial charge is 0.457 e. The second-order valence-electron chi connectivity index (χ2n) is 6.56. The summed E-state index contributed by atoms with van der Waals surface area (Å²) < 4.78 is 5.82. The van der Waals surface area contributed by atoms with Crippen LogP contribution in [0.2, 0.25) is 0 Å². The molecule has 0 saturated carbocycles. The van der Waals surface area contributed by atoms with Crippen molar-refractivity contribution < 1.29 is 20.1 Å². The fourth-order valence-electron chi connectivity index (χ4n) is 2.69. The molecule has 1 unspecified atom stereocenters. The Kier molecular flexibility index (Phi) is 8.35. The SMILES string of the molecule is CC.NC(CO)(CO)CC(O)c1ccc(Oc2ccc(-c3cnc[nH]3)cc2)cc1. The number of nitrogens with zero attached hydrogens (tertiary/aromatic N) is 1. The molecular formula is C22H29N3O4. The van der Waals surface area contributed by atoms with E-state index in [4.69, 9.17) is 10.5 Å². The van der Waals surface area contributed by atoms with E-state index in [2.05, 4.69) is 9.97 Å². The summed E-state index contributed by atoms with van der Waals surface area (Å²) >= 11 is 0. The zero-order valence-electron chi connectivity index (χ0n) is 16.7. The van der Waals surface area contributed by atoms with E-state index in [9.17, 15) is 15.3 Å². The molecule has 0 spiro atoms. The lowest BCUT2D eigenvalue weighted by Crippen LogP contribution is -2.48. The molecule has 7 nitrogen and oxygen atoms in total. The van der Waals surface area contributed by atoms with Gasteiger partial charge in [-0.3, -0.25) is 0 Å². The summed E-state index contributed by atoms with van der Waals surface area (Å²) in [4.78, 5) is 7.05. The number of aliphatic hydroxyl groups excluding tert-OH is 3. The first-order chi connectivity index (χ1) is 14.0. The summed E-state index contributed by atoms with van der Waals surface area (Å²) in [6.07, 6.45) is 2.54. The Bertz CT molecular complexity index is 830. The molecule has 7 heteroatoms. The van der Waals surface area contributed by atoms with Crippen molar-refractivity contribution in [1.82, 2.24) is 9.97 Å². The molecule has 0 amide bonds. The van der Waals surface area contributed by atoms with Crippen LogP contribution in [0.3, 0.4) is 0 Å². The number of H-pyrrole nitrogens is 1. The molecule has 2 aromatic carbocycles. The fourth-order valence-corrected chi connectivity index (χ4v) is 2.69. The van der Waals surface area contributed by atoms with Gasteiger partial charge in [0.05, 0.1) is 43.1 Å². The van der Waals surface area contributed by atoms with Crippen LogP contribution in [-0.4, -0.2) is 44.0 Å². The maximum atomic E-state index is 10.3. The third-order valence-electron chi connectivity index (χ3n) is 4.39. The van der Waals surface area contributed by atoms with Crippen molar-refractivity contribution in [2.75, 3.05) is 13.2 Å². The predicted octanol–water partition coefficient (Wildman–Crippen LogP) is 3.00. The van der Waals surface area contributed by atoms with Gasteiger partial charge in [0.2, 0.25) is 0 Å². The maximum Gasteiger partial charge on any atom is 0.127 e. The molecule has 156 valence electrons. The molecule has 0 aliphatic carbocycles. The van der Waals surface area contributed by atoms with Gasteiger partial charge in [0.25, 0.3) is 0 Å². The Morgan fingerprint density at radius 3 is 2.03 bits per heavy atom. The first-order valence-corrected chi connectivity index (χ1v) is 9.58. The summed E-state index contributed by atoms with van der Waals surface area (Å²) in [6.45, 7) is 3.19. The van der Waals surface area contributed by atoms with Gasteiger partial charge in [-0.1, -0.05) is 26.0 Å². The molecule has 0 fully saturated rings. The van der Waals surface area contributed by atoms with Gasteiger partial charge in [-0.25, -0.2) is 4.98 Å². The molecule has 0 saturated heterocycles. The van der Waals surface area contributed by atoms with E-state index < -0.39 is 24.9 Å². The van der Waals surface area contributed by atoms with Gasteiger partial charge < -0.3 is 30.8 Å². The first kappa shape index (κ1) is 22.6. The van der Waals surface area contributed by atoms with Crippen LogP contribution in [0, 0.1) is 0 Å². The number of aromatic amines is 1. The molecule has 0 radical (unpaired) electrons. The molecule has 1 aromatic heterocycles. The fraction of sp³-hybridized carbons (Fsp3) is 0.318. The quantitative estimate of drug-likeness (QED) is 0.397. The van der Waals surface area contributed by atoms with Crippen LogP contribution >= 0.6 is 0 Å². The Hall–Kier alpha value is -2.71. The average Bonchev–Trinajstić information content (AvgIpc) is 3.31. The number of aromatic nitrogens is 2. The zero-order valence-corrected chi connectivity index (χ0v) is 16.7. The summed E-state index contributed by atoms with van der Waals surface area (Å²) in [6, 6.07) is 14.6. The smallest absolute Gasteiger partial charge is 0.127 e. The zero-order chi connectivity index (χ0) is 21.3. The Morgan fingerprint density at radius 1 is 1.00 bits per heavy atom. The van der Waals surface area contributed by atoms with E-state index in [0.29, 0.717) is 17.1 Å². The lowest BCUT2D eigenvalue weighted by Gasteiger charge is -2.27. The molecule has 1 atom stereocenters. The molecule has 0 aliphatic rings. The van der Waals surface area contributed by atoms with E-state index in [1.54, 1.807) is 36.8 Å². The number of ether oxygens (including phenoxy) is 1. The molecule has 3 aromatic rings. The van der Waals surface area contributed by atoms with E-state index in [1.807, 2.05) is 38.1 Å². The number of aliphatic hydroxyl groups is 3. The van der Waals surface area contributed by atoms with E-state index in [1.165, 1.54) is 0 Å². The number of benzene rings is 2. The van der Waals surface area contributed by atoms with Crippen molar-refractivity contribution in [3.8, 4) is 22.8 Å². The highest BCUT2D eigenvalue weighted by Gasteiger charge is 2.27. The van der Waals surface area contributed by atoms with Crippen LogP contribution in [0.1, 0.15) is 31.9 Å². The number of hydrogen-bond acceptors (Lipinski definition) is 6. The topological polar surface area (TPSA) is 125 Å². The predicted molar refractivity (Wildman–Crippen MR) is 113 cm³/mol. The minimum atomic E-state index is -1.22. The first-order valence-electron chi connectivity index (χ1n) is 9.58. The summed E-state index contributed by atoms with van der Waals surface area (Å²) in [5.41, 5.74) is 7.18. The average molecular weight is 399 g/mol. The molecule has 3 rings (SSSR count). The highest BCUT2D eigenvalue weighted by Crippen LogP contribution is 2.28. The number of rotatable bonds is 8. The van der Waals surface area contributed by atoms with Crippen LogP contribution in [0.4, 0.5) is 0 Å². The van der Waals surface area contributed by atoms with Crippen molar-refractivity contribution >= 4 is 0 Å². The normalized spacial score (nSPS) is 12.1. The third-order valence-corrected chi connectivity index (χ3v) is 4.39. The Morgan fingerprint density at radius 2 is 1.55 bits per heavy atom. The van der Waals surface area contributed by atoms with Crippen LogP contribution < -0.4 is 10.5 Å². The van der Waals surface area contributed by atoms with Crippen LogP contribution in [0.15, 0.2) is 61.1 Å². The number of nitrogens with two attached hydrogens (primary N) is 1. The van der Waals surface area contributed by atoms with Crippen LogP contribution in [0.5, 0.6) is 11.5 Å². The lowest BCUT2D eigenvalue weighted by atomic mass is 9.92. The summed E-state index contributed by atoms with van der Waals surface area (Å²) in [5.74, 6) is 1.32. The molecular weight excluding hydrogens is 370 g/mol. The van der Waals surface area contributed by atoms with Gasteiger partial charge in [-0.05, 0) is 53.9 Å². The second kappa shape index (κ2) is 10.7. The van der Waals surface area contributed by atoms with Gasteiger partial charge in [0.15, 0.2) is 0 Å². The van der Waals surface area contributed by atoms with Gasteiger partial charge in [-0.15, -0.1) is 0 Å². The molecule has 6 N–H and O–H groups in total. The van der Waals surface area contributed by atoms with Crippen molar-refractivity contribution in [2.24, 2.45) is 5.73 Å².